The van der Waals surface area contributed by atoms with Crippen molar-refractivity contribution in [1.82, 2.24) is 0 Å². The zero-order valence-corrected chi connectivity index (χ0v) is 8.33. The maximum atomic E-state index is 9.44. The van der Waals surface area contributed by atoms with Crippen LogP contribution >= 0.6 is 0 Å². The van der Waals surface area contributed by atoms with Crippen molar-refractivity contribution >= 4 is 0 Å². The van der Waals surface area contributed by atoms with Gasteiger partial charge in [0.05, 0.1) is 6.10 Å². The first-order chi connectivity index (χ1) is 7.59. The Morgan fingerprint density at radius 3 is 2.56 bits per heavy atom. The molecule has 0 saturated heterocycles. The normalized spacial score (nSPS) is 29.8. The highest BCUT2D eigenvalue weighted by atomic mass is 16.7. The molecule has 1 aliphatic heterocycles. The summed E-state index contributed by atoms with van der Waals surface area (Å²) in [6, 6.07) is 0. The summed E-state index contributed by atoms with van der Waals surface area (Å²) >= 11 is 0. The van der Waals surface area contributed by atoms with Gasteiger partial charge >= 0.3 is 5.95 Å². The SMILES string of the molecule is OC1=C(O)C(O)=C(O)C(OC2C=CCC2)O1. The average Bonchev–Trinajstić information content (AvgIpc) is 2.76. The second-order valence-corrected chi connectivity index (χ2v) is 3.52. The maximum Gasteiger partial charge on any atom is 0.327 e. The van der Waals surface area contributed by atoms with Crippen molar-refractivity contribution in [2.24, 2.45) is 0 Å². The fraction of sp³-hybridized carbons (Fsp3) is 0.400. The average molecular weight is 228 g/mol. The largest absolute Gasteiger partial charge is 0.503 e. The lowest BCUT2D eigenvalue weighted by molar-refractivity contribution is -0.163. The number of aliphatic hydroxyl groups excluding tert-OH is 4. The molecule has 0 fully saturated rings. The first-order valence-corrected chi connectivity index (χ1v) is 4.83. The van der Waals surface area contributed by atoms with E-state index in [9.17, 15) is 10.2 Å². The summed E-state index contributed by atoms with van der Waals surface area (Å²) in [7, 11) is 0. The minimum Gasteiger partial charge on any atom is -0.503 e. The van der Waals surface area contributed by atoms with Gasteiger partial charge in [-0.05, 0) is 12.8 Å². The predicted octanol–water partition coefficient (Wildman–Crippen LogP) is 1.69. The summed E-state index contributed by atoms with van der Waals surface area (Å²) in [5, 5.41) is 36.9. The molecule has 1 heterocycles. The molecule has 4 N–H and O–H groups in total. The summed E-state index contributed by atoms with van der Waals surface area (Å²) < 4.78 is 9.98. The third-order valence-corrected chi connectivity index (χ3v) is 2.38. The molecule has 88 valence electrons. The summed E-state index contributed by atoms with van der Waals surface area (Å²) in [6.07, 6.45) is 3.77. The standard InChI is InChI=1S/C10H12O6/c11-6-7(12)9(14)16-10(8(6)13)15-5-3-1-2-4-5/h1,3,5,10-14H,2,4H2. The van der Waals surface area contributed by atoms with Gasteiger partial charge in [-0.1, -0.05) is 12.2 Å². The third-order valence-electron chi connectivity index (χ3n) is 2.38. The van der Waals surface area contributed by atoms with Crippen LogP contribution in [0.15, 0.2) is 35.4 Å². The molecular formula is C10H12O6. The van der Waals surface area contributed by atoms with Crippen LogP contribution in [0.25, 0.3) is 0 Å². The number of ether oxygens (including phenoxy) is 2. The molecule has 2 atom stereocenters. The molecule has 2 aliphatic rings. The van der Waals surface area contributed by atoms with Crippen molar-refractivity contribution in [2.75, 3.05) is 0 Å². The van der Waals surface area contributed by atoms with Gasteiger partial charge in [-0.3, -0.25) is 0 Å². The summed E-state index contributed by atoms with van der Waals surface area (Å²) in [5.74, 6) is -3.27. The maximum absolute atomic E-state index is 9.44. The fourth-order valence-electron chi connectivity index (χ4n) is 1.52. The molecule has 0 spiro atoms. The number of hydrogen-bond acceptors (Lipinski definition) is 6. The first-order valence-electron chi connectivity index (χ1n) is 4.83. The molecule has 2 unspecified atom stereocenters. The minimum atomic E-state index is -1.30. The van der Waals surface area contributed by atoms with Crippen LogP contribution in [0.5, 0.6) is 0 Å². The van der Waals surface area contributed by atoms with E-state index in [1.165, 1.54) is 0 Å². The van der Waals surface area contributed by atoms with Crippen LogP contribution in [0.2, 0.25) is 0 Å². The van der Waals surface area contributed by atoms with Gasteiger partial charge in [-0.25, -0.2) is 0 Å². The minimum absolute atomic E-state index is 0.243. The van der Waals surface area contributed by atoms with Gasteiger partial charge in [0.1, 0.15) is 0 Å². The van der Waals surface area contributed by atoms with E-state index in [1.54, 1.807) is 6.08 Å². The molecule has 16 heavy (non-hydrogen) atoms. The highest BCUT2D eigenvalue weighted by molar-refractivity contribution is 5.25. The van der Waals surface area contributed by atoms with Gasteiger partial charge in [0.2, 0.25) is 17.3 Å². The Hall–Kier alpha value is -1.82. The van der Waals surface area contributed by atoms with Crippen molar-refractivity contribution in [3.63, 3.8) is 0 Å². The van der Waals surface area contributed by atoms with E-state index in [4.69, 9.17) is 19.7 Å². The second-order valence-electron chi connectivity index (χ2n) is 3.52. The molecule has 0 aromatic carbocycles. The Balaban J connectivity index is 2.10. The quantitative estimate of drug-likeness (QED) is 0.537. The Bertz CT molecular complexity index is 381. The monoisotopic (exact) mass is 228 g/mol. The van der Waals surface area contributed by atoms with Gasteiger partial charge in [0, 0.05) is 0 Å². The van der Waals surface area contributed by atoms with E-state index in [1.807, 2.05) is 6.08 Å². The molecule has 6 nitrogen and oxygen atoms in total. The molecular weight excluding hydrogens is 216 g/mol. The van der Waals surface area contributed by atoms with Crippen molar-refractivity contribution in [2.45, 2.75) is 25.2 Å². The van der Waals surface area contributed by atoms with E-state index < -0.39 is 29.5 Å². The molecule has 0 radical (unpaired) electrons. The zero-order valence-electron chi connectivity index (χ0n) is 8.33. The molecule has 2 rings (SSSR count). The molecule has 0 bridgehead atoms. The lowest BCUT2D eigenvalue weighted by Crippen LogP contribution is -2.29. The number of aliphatic hydroxyl groups is 4. The Morgan fingerprint density at radius 2 is 1.94 bits per heavy atom. The van der Waals surface area contributed by atoms with Crippen LogP contribution in [-0.2, 0) is 9.47 Å². The topological polar surface area (TPSA) is 99.4 Å². The highest BCUT2D eigenvalue weighted by Crippen LogP contribution is 2.27. The Kier molecular flexibility index (Phi) is 2.66. The highest BCUT2D eigenvalue weighted by Gasteiger charge is 2.33. The lowest BCUT2D eigenvalue weighted by atomic mass is 10.3. The Morgan fingerprint density at radius 1 is 1.19 bits per heavy atom. The van der Waals surface area contributed by atoms with Crippen molar-refractivity contribution in [1.29, 1.82) is 0 Å². The van der Waals surface area contributed by atoms with Crippen LogP contribution in [0.1, 0.15) is 12.8 Å². The molecule has 1 aliphatic carbocycles. The van der Waals surface area contributed by atoms with Crippen molar-refractivity contribution in [3.8, 4) is 0 Å². The van der Waals surface area contributed by atoms with Crippen LogP contribution in [0.3, 0.4) is 0 Å². The van der Waals surface area contributed by atoms with Gasteiger partial charge in [0.15, 0.2) is 0 Å². The smallest absolute Gasteiger partial charge is 0.327 e. The van der Waals surface area contributed by atoms with Gasteiger partial charge < -0.3 is 29.9 Å². The zero-order chi connectivity index (χ0) is 11.7. The summed E-state index contributed by atoms with van der Waals surface area (Å²) in [4.78, 5) is 0. The second kappa shape index (κ2) is 3.97. The number of rotatable bonds is 2. The van der Waals surface area contributed by atoms with E-state index >= 15 is 0 Å². The molecule has 0 amide bonds. The van der Waals surface area contributed by atoms with Crippen molar-refractivity contribution < 1.29 is 29.9 Å². The van der Waals surface area contributed by atoms with Crippen LogP contribution in [0.4, 0.5) is 0 Å². The molecule has 0 aromatic heterocycles. The third kappa shape index (κ3) is 1.79. The first kappa shape index (κ1) is 10.7. The fourth-order valence-corrected chi connectivity index (χ4v) is 1.52. The van der Waals surface area contributed by atoms with E-state index in [-0.39, 0.29) is 6.10 Å². The number of hydrogen-bond donors (Lipinski definition) is 4. The van der Waals surface area contributed by atoms with E-state index in [2.05, 4.69) is 0 Å². The van der Waals surface area contributed by atoms with Gasteiger partial charge in [-0.2, -0.15) is 0 Å². The van der Waals surface area contributed by atoms with Crippen LogP contribution in [-0.4, -0.2) is 32.8 Å². The molecule has 0 aromatic rings. The van der Waals surface area contributed by atoms with Gasteiger partial charge in [0.25, 0.3) is 6.29 Å². The Labute approximate surface area is 91.3 Å². The van der Waals surface area contributed by atoms with Crippen LogP contribution < -0.4 is 0 Å². The van der Waals surface area contributed by atoms with Crippen LogP contribution in [0, 0.1) is 0 Å². The number of allylic oxidation sites excluding steroid dienone is 1. The van der Waals surface area contributed by atoms with Crippen molar-refractivity contribution in [3.05, 3.63) is 35.4 Å². The van der Waals surface area contributed by atoms with Gasteiger partial charge in [-0.15, -0.1) is 0 Å². The predicted molar refractivity (Wildman–Crippen MR) is 52.7 cm³/mol. The lowest BCUT2D eigenvalue weighted by Gasteiger charge is -2.24. The molecule has 6 heteroatoms. The molecule has 0 saturated carbocycles. The van der Waals surface area contributed by atoms with E-state index in [0.29, 0.717) is 0 Å². The summed E-state index contributed by atoms with van der Waals surface area (Å²) in [5.41, 5.74) is 0. The van der Waals surface area contributed by atoms with E-state index in [0.717, 1.165) is 12.8 Å². The summed E-state index contributed by atoms with van der Waals surface area (Å²) in [6.45, 7) is 0.